The minimum absolute atomic E-state index is 0.334. The van der Waals surface area contributed by atoms with Crippen molar-refractivity contribution in [1.29, 1.82) is 0 Å². The van der Waals surface area contributed by atoms with Gasteiger partial charge in [0.25, 0.3) is 0 Å². The summed E-state index contributed by atoms with van der Waals surface area (Å²) in [6.45, 7) is 5.77. The Morgan fingerprint density at radius 1 is 1.40 bits per heavy atom. The largest absolute Gasteiger partial charge is 0.550 e. The van der Waals surface area contributed by atoms with Gasteiger partial charge in [0.05, 0.1) is 18.1 Å². The molecule has 2 fully saturated rings. The van der Waals surface area contributed by atoms with E-state index < -0.39 is 41.4 Å². The minimum Gasteiger partial charge on any atom is -0.550 e. The van der Waals surface area contributed by atoms with Gasteiger partial charge in [-0.3, -0.25) is 4.79 Å². The fourth-order valence-corrected chi connectivity index (χ4v) is 4.41. The number of amides is 1. The number of carbonyl (C=O) groups is 2. The topological polar surface area (TPSA) is 69.7 Å². The monoisotopic (exact) mass is 342 g/mol. The van der Waals surface area contributed by atoms with Gasteiger partial charge in [-0.1, -0.05) is 17.7 Å². The van der Waals surface area contributed by atoms with Crippen LogP contribution in [0.5, 0.6) is 0 Å². The van der Waals surface area contributed by atoms with E-state index in [1.54, 1.807) is 12.2 Å². The predicted molar refractivity (Wildman–Crippen MR) is 85.8 cm³/mol. The van der Waals surface area contributed by atoms with Crippen molar-refractivity contribution in [2.75, 3.05) is 4.90 Å². The number of nitrogens with zero attached hydrogens (tertiary/aromatic N) is 1. The second-order valence-electron chi connectivity index (χ2n) is 6.98. The molecule has 130 valence electrons. The maximum absolute atomic E-state index is 13.3. The van der Waals surface area contributed by atoms with Gasteiger partial charge in [0.1, 0.15) is 11.4 Å². The van der Waals surface area contributed by atoms with Crippen molar-refractivity contribution < 1.29 is 23.8 Å². The van der Waals surface area contributed by atoms with E-state index in [1.807, 2.05) is 6.92 Å². The summed E-state index contributed by atoms with van der Waals surface area (Å²) in [4.78, 5) is 26.3. The van der Waals surface area contributed by atoms with Crippen molar-refractivity contribution in [3.8, 4) is 0 Å². The number of anilines is 1. The summed E-state index contributed by atoms with van der Waals surface area (Å²) in [5.41, 5.74) is 0.344. The lowest BCUT2D eigenvalue weighted by Gasteiger charge is -2.33. The summed E-state index contributed by atoms with van der Waals surface area (Å²) in [5.74, 6) is -3.89. The molecule has 2 bridgehead atoms. The number of rotatable bonds is 4. The summed E-state index contributed by atoms with van der Waals surface area (Å²) >= 11 is 0. The molecule has 5 nitrogen and oxygen atoms in total. The van der Waals surface area contributed by atoms with Crippen LogP contribution in [0.25, 0.3) is 0 Å². The van der Waals surface area contributed by atoms with Crippen molar-refractivity contribution in [2.24, 2.45) is 11.8 Å². The van der Waals surface area contributed by atoms with Gasteiger partial charge < -0.3 is 19.5 Å². The van der Waals surface area contributed by atoms with E-state index >= 15 is 0 Å². The second kappa shape index (κ2) is 5.26. The van der Waals surface area contributed by atoms with Gasteiger partial charge in [-0.05, 0) is 37.6 Å². The van der Waals surface area contributed by atoms with Crippen LogP contribution in [0.3, 0.4) is 0 Å². The van der Waals surface area contributed by atoms with E-state index in [0.29, 0.717) is 12.1 Å². The maximum atomic E-state index is 13.3. The average Bonchev–Trinajstić information content (AvgIpc) is 3.18. The zero-order valence-corrected chi connectivity index (χ0v) is 13.6. The molecule has 0 unspecified atom stereocenters. The van der Waals surface area contributed by atoms with Crippen LogP contribution in [-0.2, 0) is 14.3 Å². The van der Waals surface area contributed by atoms with E-state index in [9.17, 15) is 19.1 Å². The number of hydrogen-bond donors (Lipinski definition) is 0. The van der Waals surface area contributed by atoms with E-state index in [4.69, 9.17) is 4.74 Å². The van der Waals surface area contributed by atoms with Gasteiger partial charge in [0.15, 0.2) is 0 Å². The molecule has 4 rings (SSSR count). The molecular weight excluding hydrogens is 325 g/mol. The molecule has 1 aromatic carbocycles. The van der Waals surface area contributed by atoms with Crippen LogP contribution >= 0.6 is 0 Å². The standard InChI is InChI=1S/C19H18FNO4/c1-10(2)9-14-19-8-7-13(25-19)15(18(23)24)16(19)17(22)21(14)12-5-3-11(20)4-6-12/h3-8,13-16H,1,9H2,2H3,(H,23,24)/p-1/t13-,14-,15-,16-,19-/m1/s1. The molecular formula is C19H17FNO4-. The first-order valence-electron chi connectivity index (χ1n) is 8.16. The summed E-state index contributed by atoms with van der Waals surface area (Å²) in [6.07, 6.45) is 3.30. The molecule has 1 spiro atoms. The minimum atomic E-state index is -1.29. The Bertz CT molecular complexity index is 802. The van der Waals surface area contributed by atoms with Crippen LogP contribution in [0, 0.1) is 17.7 Å². The van der Waals surface area contributed by atoms with Crippen LogP contribution in [0.2, 0.25) is 0 Å². The predicted octanol–water partition coefficient (Wildman–Crippen LogP) is 1.20. The summed E-state index contributed by atoms with van der Waals surface area (Å²) in [5, 5.41) is 11.6. The molecule has 1 amide bonds. The van der Waals surface area contributed by atoms with Crippen molar-refractivity contribution in [3.05, 3.63) is 54.4 Å². The first-order valence-corrected chi connectivity index (χ1v) is 8.16. The number of halogens is 1. The third kappa shape index (κ3) is 2.10. The number of hydrogen-bond acceptors (Lipinski definition) is 4. The number of carboxylic acid groups (broad SMARTS) is 1. The van der Waals surface area contributed by atoms with Crippen LogP contribution in [0.15, 0.2) is 48.6 Å². The van der Waals surface area contributed by atoms with Gasteiger partial charge in [0, 0.05) is 17.6 Å². The summed E-state index contributed by atoms with van der Waals surface area (Å²) in [6, 6.07) is 5.15. The summed E-state index contributed by atoms with van der Waals surface area (Å²) in [7, 11) is 0. The smallest absolute Gasteiger partial charge is 0.234 e. The molecule has 0 aliphatic carbocycles. The fraction of sp³-hybridized carbons (Fsp3) is 0.368. The Balaban J connectivity index is 1.84. The fourth-order valence-electron chi connectivity index (χ4n) is 4.41. The molecule has 25 heavy (non-hydrogen) atoms. The number of carbonyl (C=O) groups excluding carboxylic acids is 2. The van der Waals surface area contributed by atoms with Crippen LogP contribution in [0.1, 0.15) is 13.3 Å². The Kier molecular flexibility index (Phi) is 3.37. The van der Waals surface area contributed by atoms with E-state index in [-0.39, 0.29) is 5.91 Å². The number of fused-ring (bicyclic) bond motifs is 1. The normalized spacial score (nSPS) is 35.3. The highest BCUT2D eigenvalue weighted by molar-refractivity contribution is 6.03. The Labute approximate surface area is 144 Å². The number of aliphatic carboxylic acids is 1. The Morgan fingerprint density at radius 3 is 2.68 bits per heavy atom. The quantitative estimate of drug-likeness (QED) is 0.771. The Hall–Kier alpha value is -2.47. The molecule has 1 aromatic rings. The number of carboxylic acids is 1. The molecule has 2 saturated heterocycles. The highest BCUT2D eigenvalue weighted by Crippen LogP contribution is 2.56. The molecule has 5 atom stereocenters. The maximum Gasteiger partial charge on any atom is 0.234 e. The number of ether oxygens (including phenoxy) is 1. The first kappa shape index (κ1) is 16.0. The van der Waals surface area contributed by atoms with E-state index in [0.717, 1.165) is 5.57 Å². The van der Waals surface area contributed by atoms with Crippen molar-refractivity contribution in [1.82, 2.24) is 0 Å². The van der Waals surface area contributed by atoms with E-state index in [2.05, 4.69) is 6.58 Å². The van der Waals surface area contributed by atoms with Crippen LogP contribution in [-0.4, -0.2) is 29.6 Å². The average molecular weight is 342 g/mol. The molecule has 0 radical (unpaired) electrons. The Morgan fingerprint density at radius 2 is 2.08 bits per heavy atom. The second-order valence-corrected chi connectivity index (χ2v) is 6.98. The van der Waals surface area contributed by atoms with Gasteiger partial charge in [-0.25, -0.2) is 4.39 Å². The molecule has 6 heteroatoms. The van der Waals surface area contributed by atoms with Gasteiger partial charge in [-0.2, -0.15) is 0 Å². The molecule has 0 aromatic heterocycles. The first-order chi connectivity index (χ1) is 11.8. The molecule has 0 saturated carbocycles. The molecule has 0 N–H and O–H groups in total. The third-order valence-electron chi connectivity index (χ3n) is 5.34. The highest BCUT2D eigenvalue weighted by atomic mass is 19.1. The van der Waals surface area contributed by atoms with Crippen molar-refractivity contribution >= 4 is 17.6 Å². The lowest BCUT2D eigenvalue weighted by molar-refractivity contribution is -0.313. The third-order valence-corrected chi connectivity index (χ3v) is 5.34. The summed E-state index contributed by atoms with van der Waals surface area (Å²) < 4.78 is 19.3. The van der Waals surface area contributed by atoms with Crippen molar-refractivity contribution in [2.45, 2.75) is 31.1 Å². The highest BCUT2D eigenvalue weighted by Gasteiger charge is 2.69. The SMILES string of the molecule is C=C(C)C[C@H]1N(c2ccc(F)cc2)C(=O)[C@H]2[C@H](C(=O)[O-])[C@H]3C=C[C@]21O3. The van der Waals surface area contributed by atoms with Gasteiger partial charge in [0.2, 0.25) is 5.91 Å². The van der Waals surface area contributed by atoms with Gasteiger partial charge in [-0.15, -0.1) is 6.58 Å². The zero-order valence-electron chi connectivity index (χ0n) is 13.6. The van der Waals surface area contributed by atoms with Crippen LogP contribution < -0.4 is 10.0 Å². The molecule has 3 aliphatic rings. The molecule has 3 heterocycles. The van der Waals surface area contributed by atoms with Crippen molar-refractivity contribution in [3.63, 3.8) is 0 Å². The molecule has 3 aliphatic heterocycles. The zero-order chi connectivity index (χ0) is 17.9. The van der Waals surface area contributed by atoms with Gasteiger partial charge >= 0.3 is 0 Å². The lowest BCUT2D eigenvalue weighted by Crippen LogP contribution is -2.46. The van der Waals surface area contributed by atoms with Crippen LogP contribution in [0.4, 0.5) is 10.1 Å². The number of benzene rings is 1. The van der Waals surface area contributed by atoms with E-state index in [1.165, 1.54) is 29.2 Å². The lowest BCUT2D eigenvalue weighted by atomic mass is 9.74.